The monoisotopic (exact) mass is 347 g/mol. The first-order valence-electron chi connectivity index (χ1n) is 6.77. The third-order valence-corrected chi connectivity index (χ3v) is 4.00. The van der Waals surface area contributed by atoms with Crippen LogP contribution in [-0.2, 0) is 11.2 Å². The van der Waals surface area contributed by atoms with Gasteiger partial charge in [-0.3, -0.25) is 4.79 Å². The summed E-state index contributed by atoms with van der Waals surface area (Å²) in [5.41, 5.74) is 2.04. The number of amides is 1. The van der Waals surface area contributed by atoms with Crippen LogP contribution in [0.3, 0.4) is 0 Å². The highest BCUT2D eigenvalue weighted by Gasteiger charge is 2.12. The van der Waals surface area contributed by atoms with Gasteiger partial charge in [-0.1, -0.05) is 46.3 Å². The van der Waals surface area contributed by atoms with Crippen molar-refractivity contribution in [1.29, 1.82) is 0 Å². The van der Waals surface area contributed by atoms with Crippen LogP contribution >= 0.6 is 15.9 Å². The van der Waals surface area contributed by atoms with E-state index in [1.165, 1.54) is 0 Å². The van der Waals surface area contributed by atoms with Crippen molar-refractivity contribution >= 4 is 21.8 Å². The zero-order valence-electron chi connectivity index (χ0n) is 12.1. The number of hydrogen-bond donors (Lipinski definition) is 1. The van der Waals surface area contributed by atoms with Crippen LogP contribution in [0.1, 0.15) is 24.1 Å². The van der Waals surface area contributed by atoms with E-state index in [0.717, 1.165) is 21.3 Å². The lowest BCUT2D eigenvalue weighted by Crippen LogP contribution is -2.28. The smallest absolute Gasteiger partial charge is 0.224 e. The van der Waals surface area contributed by atoms with E-state index in [-0.39, 0.29) is 11.9 Å². The summed E-state index contributed by atoms with van der Waals surface area (Å²) in [4.78, 5) is 12.1. The van der Waals surface area contributed by atoms with Gasteiger partial charge in [0, 0.05) is 4.47 Å². The number of nitrogens with one attached hydrogen (secondary N) is 1. The van der Waals surface area contributed by atoms with Crippen LogP contribution in [-0.4, -0.2) is 13.0 Å². The van der Waals surface area contributed by atoms with Gasteiger partial charge in [0.2, 0.25) is 5.91 Å². The quantitative estimate of drug-likeness (QED) is 0.891. The maximum atomic E-state index is 12.1. The fourth-order valence-electron chi connectivity index (χ4n) is 2.13. The van der Waals surface area contributed by atoms with Crippen molar-refractivity contribution in [2.24, 2.45) is 0 Å². The van der Waals surface area contributed by atoms with E-state index in [4.69, 9.17) is 4.74 Å². The Labute approximate surface area is 133 Å². The van der Waals surface area contributed by atoms with E-state index in [9.17, 15) is 4.79 Å². The summed E-state index contributed by atoms with van der Waals surface area (Å²) >= 11 is 3.50. The molecule has 1 N–H and O–H groups in total. The normalized spacial score (nSPS) is 11.8. The summed E-state index contributed by atoms with van der Waals surface area (Å²) in [6.45, 7) is 1.98. The Balaban J connectivity index is 1.96. The molecule has 2 rings (SSSR count). The number of methoxy groups -OCH3 is 1. The second-order valence-electron chi connectivity index (χ2n) is 4.84. The zero-order valence-corrected chi connectivity index (χ0v) is 13.7. The molecule has 0 aliphatic carbocycles. The number of benzene rings is 2. The molecule has 0 saturated heterocycles. The number of ether oxygens (including phenoxy) is 1. The Morgan fingerprint density at radius 3 is 2.48 bits per heavy atom. The van der Waals surface area contributed by atoms with Gasteiger partial charge in [0.25, 0.3) is 0 Å². The van der Waals surface area contributed by atoms with Gasteiger partial charge in [-0.05, 0) is 36.2 Å². The van der Waals surface area contributed by atoms with E-state index in [1.807, 2.05) is 55.5 Å². The molecule has 21 heavy (non-hydrogen) atoms. The molecule has 2 aromatic carbocycles. The molecular weight excluding hydrogens is 330 g/mol. The van der Waals surface area contributed by atoms with E-state index < -0.39 is 0 Å². The molecule has 0 spiro atoms. The molecule has 1 atom stereocenters. The average Bonchev–Trinajstić information content (AvgIpc) is 2.48. The topological polar surface area (TPSA) is 38.3 Å². The third-order valence-electron chi connectivity index (χ3n) is 3.27. The Bertz CT molecular complexity index is 610. The van der Waals surface area contributed by atoms with E-state index in [1.54, 1.807) is 7.11 Å². The largest absolute Gasteiger partial charge is 0.497 e. The lowest BCUT2D eigenvalue weighted by atomic mass is 10.1. The molecule has 0 aliphatic heterocycles. The summed E-state index contributed by atoms with van der Waals surface area (Å²) in [5, 5.41) is 3.01. The maximum absolute atomic E-state index is 12.1. The highest BCUT2D eigenvalue weighted by molar-refractivity contribution is 9.10. The number of halogens is 1. The van der Waals surface area contributed by atoms with Gasteiger partial charge in [-0.15, -0.1) is 0 Å². The second kappa shape index (κ2) is 7.27. The molecular formula is C17H18BrNO2. The average molecular weight is 348 g/mol. The van der Waals surface area contributed by atoms with Crippen LogP contribution in [0.5, 0.6) is 5.75 Å². The summed E-state index contributed by atoms with van der Waals surface area (Å²) in [5.74, 6) is 0.796. The molecule has 4 heteroatoms. The SMILES string of the molecule is COc1ccc(CC(=O)N[C@H](C)c2ccccc2Br)cc1. The standard InChI is InChI=1S/C17H18BrNO2/c1-12(15-5-3-4-6-16(15)18)19-17(20)11-13-7-9-14(21-2)10-8-13/h3-10,12H,11H2,1-2H3,(H,19,20)/t12-/m1/s1. The summed E-state index contributed by atoms with van der Waals surface area (Å²) < 4.78 is 6.11. The van der Waals surface area contributed by atoms with Crippen LogP contribution in [0, 0.1) is 0 Å². The molecule has 0 heterocycles. The molecule has 3 nitrogen and oxygen atoms in total. The van der Waals surface area contributed by atoms with Gasteiger partial charge >= 0.3 is 0 Å². The van der Waals surface area contributed by atoms with Gasteiger partial charge < -0.3 is 10.1 Å². The minimum absolute atomic E-state index is 0.00317. The van der Waals surface area contributed by atoms with Gasteiger partial charge in [-0.25, -0.2) is 0 Å². The molecule has 0 saturated carbocycles. The lowest BCUT2D eigenvalue weighted by Gasteiger charge is -2.16. The molecule has 0 fully saturated rings. The molecule has 2 aromatic rings. The predicted octanol–water partition coefficient (Wildman–Crippen LogP) is 3.88. The predicted molar refractivity (Wildman–Crippen MR) is 87.4 cm³/mol. The van der Waals surface area contributed by atoms with Crippen LogP contribution in [0.4, 0.5) is 0 Å². The van der Waals surface area contributed by atoms with Crippen molar-refractivity contribution in [3.05, 3.63) is 64.1 Å². The number of carbonyl (C=O) groups excluding carboxylic acids is 1. The molecule has 0 aliphatic rings. The highest BCUT2D eigenvalue weighted by atomic mass is 79.9. The number of hydrogen-bond acceptors (Lipinski definition) is 2. The first-order chi connectivity index (χ1) is 10.1. The van der Waals surface area contributed by atoms with Gasteiger partial charge in [-0.2, -0.15) is 0 Å². The highest BCUT2D eigenvalue weighted by Crippen LogP contribution is 2.22. The van der Waals surface area contributed by atoms with Crippen molar-refractivity contribution in [3.63, 3.8) is 0 Å². The van der Waals surface area contributed by atoms with E-state index in [0.29, 0.717) is 6.42 Å². The molecule has 110 valence electrons. The first kappa shape index (κ1) is 15.6. The van der Waals surface area contributed by atoms with Crippen molar-refractivity contribution < 1.29 is 9.53 Å². The first-order valence-corrected chi connectivity index (χ1v) is 7.56. The van der Waals surface area contributed by atoms with Crippen LogP contribution in [0.2, 0.25) is 0 Å². The molecule has 0 bridgehead atoms. The van der Waals surface area contributed by atoms with Gasteiger partial charge in [0.15, 0.2) is 0 Å². The maximum Gasteiger partial charge on any atom is 0.224 e. The Hall–Kier alpha value is -1.81. The van der Waals surface area contributed by atoms with Crippen molar-refractivity contribution in [1.82, 2.24) is 5.32 Å². The Morgan fingerprint density at radius 1 is 1.19 bits per heavy atom. The number of carbonyl (C=O) groups is 1. The van der Waals surface area contributed by atoms with Gasteiger partial charge in [0.05, 0.1) is 19.6 Å². The fourth-order valence-corrected chi connectivity index (χ4v) is 2.75. The van der Waals surface area contributed by atoms with Crippen LogP contribution in [0.25, 0.3) is 0 Å². The zero-order chi connectivity index (χ0) is 15.2. The Morgan fingerprint density at radius 2 is 1.86 bits per heavy atom. The third kappa shape index (κ3) is 4.33. The summed E-state index contributed by atoms with van der Waals surface area (Å²) in [6.07, 6.45) is 0.360. The molecule has 0 radical (unpaired) electrons. The number of rotatable bonds is 5. The molecule has 0 aromatic heterocycles. The molecule has 0 unspecified atom stereocenters. The summed E-state index contributed by atoms with van der Waals surface area (Å²) in [6, 6.07) is 15.4. The minimum Gasteiger partial charge on any atom is -0.497 e. The lowest BCUT2D eigenvalue weighted by molar-refractivity contribution is -0.121. The van der Waals surface area contributed by atoms with E-state index in [2.05, 4.69) is 21.2 Å². The van der Waals surface area contributed by atoms with Gasteiger partial charge in [0.1, 0.15) is 5.75 Å². The van der Waals surface area contributed by atoms with Crippen LogP contribution < -0.4 is 10.1 Å². The molecule has 1 amide bonds. The second-order valence-corrected chi connectivity index (χ2v) is 5.69. The fraction of sp³-hybridized carbons (Fsp3) is 0.235. The van der Waals surface area contributed by atoms with E-state index >= 15 is 0 Å². The minimum atomic E-state index is -0.0358. The Kier molecular flexibility index (Phi) is 5.39. The van der Waals surface area contributed by atoms with Crippen molar-refractivity contribution in [2.45, 2.75) is 19.4 Å². The van der Waals surface area contributed by atoms with Crippen molar-refractivity contribution in [3.8, 4) is 5.75 Å². The summed E-state index contributed by atoms with van der Waals surface area (Å²) in [7, 11) is 1.63. The van der Waals surface area contributed by atoms with Crippen molar-refractivity contribution in [2.75, 3.05) is 7.11 Å². The van der Waals surface area contributed by atoms with Crippen LogP contribution in [0.15, 0.2) is 53.0 Å².